The predicted octanol–water partition coefficient (Wildman–Crippen LogP) is 2.95. The summed E-state index contributed by atoms with van der Waals surface area (Å²) in [5, 5.41) is 3.39. The minimum absolute atomic E-state index is 0.0913. The lowest BCUT2D eigenvalue weighted by atomic mass is 10.1. The van der Waals surface area contributed by atoms with Crippen molar-refractivity contribution in [3.8, 4) is 11.5 Å². The van der Waals surface area contributed by atoms with Gasteiger partial charge in [-0.2, -0.15) is 4.98 Å². The highest BCUT2D eigenvalue weighted by atomic mass is 35.5. The number of benzene rings is 1. The summed E-state index contributed by atoms with van der Waals surface area (Å²) in [7, 11) is 0. The van der Waals surface area contributed by atoms with Crippen molar-refractivity contribution in [2.75, 3.05) is 0 Å². The van der Waals surface area contributed by atoms with Crippen LogP contribution in [-0.4, -0.2) is 16.2 Å². The van der Waals surface area contributed by atoms with E-state index >= 15 is 0 Å². The molecule has 0 aliphatic carbocycles. The Morgan fingerprint density at radius 3 is 2.79 bits per heavy atom. The fourth-order valence-corrected chi connectivity index (χ4v) is 1.66. The molecule has 0 aliphatic heterocycles. The summed E-state index contributed by atoms with van der Waals surface area (Å²) in [5.41, 5.74) is 5.63. The average molecular weight is 288 g/mol. The summed E-state index contributed by atoms with van der Waals surface area (Å²) >= 11 is 5.47. The molecule has 0 spiro atoms. The quantitative estimate of drug-likeness (QED) is 0.878. The van der Waals surface area contributed by atoms with E-state index in [-0.39, 0.29) is 22.5 Å². The fraction of sp³-hybridized carbons (Fsp3) is 0.333. The molecule has 1 atom stereocenters. The molecular weight excluding hydrogens is 276 g/mol. The zero-order valence-electron chi connectivity index (χ0n) is 10.2. The molecule has 1 aromatic heterocycles. The average Bonchev–Trinajstić information content (AvgIpc) is 2.82. The summed E-state index contributed by atoms with van der Waals surface area (Å²) in [6.45, 7) is 1.93. The van der Waals surface area contributed by atoms with Crippen LogP contribution in [0.25, 0.3) is 11.5 Å². The van der Waals surface area contributed by atoms with Gasteiger partial charge in [-0.25, -0.2) is 8.78 Å². The number of halogens is 3. The molecule has 0 bridgehead atoms. The summed E-state index contributed by atoms with van der Waals surface area (Å²) in [6.07, 6.45) is 1.17. The molecule has 1 aromatic carbocycles. The van der Waals surface area contributed by atoms with E-state index in [4.69, 9.17) is 21.9 Å². The highest BCUT2D eigenvalue weighted by molar-refractivity contribution is 6.30. The van der Waals surface area contributed by atoms with Crippen LogP contribution in [0.2, 0.25) is 5.02 Å². The summed E-state index contributed by atoms with van der Waals surface area (Å²) in [6, 6.07) is 1.69. The monoisotopic (exact) mass is 287 g/mol. The molecule has 19 heavy (non-hydrogen) atoms. The van der Waals surface area contributed by atoms with Gasteiger partial charge in [0.2, 0.25) is 0 Å². The van der Waals surface area contributed by atoms with Crippen LogP contribution in [0.5, 0.6) is 0 Å². The Morgan fingerprint density at radius 2 is 2.11 bits per heavy atom. The maximum Gasteiger partial charge on any atom is 0.261 e. The van der Waals surface area contributed by atoms with E-state index in [2.05, 4.69) is 10.1 Å². The molecular formula is C12H12ClF2N3O. The first-order chi connectivity index (χ1) is 9.01. The lowest BCUT2D eigenvalue weighted by molar-refractivity contribution is 0.416. The summed E-state index contributed by atoms with van der Waals surface area (Å²) < 4.78 is 31.9. The number of nitrogens with zero attached hydrogens (tertiary/aromatic N) is 2. The van der Waals surface area contributed by atoms with Crippen molar-refractivity contribution in [3.05, 3.63) is 34.6 Å². The molecule has 7 heteroatoms. The van der Waals surface area contributed by atoms with Crippen molar-refractivity contribution in [2.24, 2.45) is 5.73 Å². The Labute approximate surface area is 113 Å². The highest BCUT2D eigenvalue weighted by Gasteiger charge is 2.17. The van der Waals surface area contributed by atoms with Crippen LogP contribution in [0.4, 0.5) is 8.78 Å². The molecule has 2 N–H and O–H groups in total. The summed E-state index contributed by atoms with van der Waals surface area (Å²) in [5.74, 6) is -1.20. The van der Waals surface area contributed by atoms with Gasteiger partial charge < -0.3 is 10.3 Å². The summed E-state index contributed by atoms with van der Waals surface area (Å²) in [4.78, 5) is 3.99. The van der Waals surface area contributed by atoms with Crippen molar-refractivity contribution in [1.29, 1.82) is 0 Å². The smallest absolute Gasteiger partial charge is 0.261 e. The van der Waals surface area contributed by atoms with Gasteiger partial charge in [-0.1, -0.05) is 23.7 Å². The maximum absolute atomic E-state index is 13.7. The third kappa shape index (κ3) is 3.08. The first kappa shape index (κ1) is 13.9. The Kier molecular flexibility index (Phi) is 4.11. The van der Waals surface area contributed by atoms with Gasteiger partial charge >= 0.3 is 0 Å². The van der Waals surface area contributed by atoms with Crippen LogP contribution in [0, 0.1) is 11.6 Å². The molecule has 1 unspecified atom stereocenters. The Hall–Kier alpha value is -1.53. The van der Waals surface area contributed by atoms with E-state index in [1.54, 1.807) is 0 Å². The zero-order valence-corrected chi connectivity index (χ0v) is 10.9. The van der Waals surface area contributed by atoms with Gasteiger partial charge in [0.1, 0.15) is 11.6 Å². The number of aromatic nitrogens is 2. The van der Waals surface area contributed by atoms with E-state index in [9.17, 15) is 8.78 Å². The van der Waals surface area contributed by atoms with Crippen molar-refractivity contribution >= 4 is 11.6 Å². The first-order valence-corrected chi connectivity index (χ1v) is 6.12. The van der Waals surface area contributed by atoms with Crippen LogP contribution in [0.1, 0.15) is 19.2 Å². The van der Waals surface area contributed by atoms with Gasteiger partial charge in [-0.15, -0.1) is 0 Å². The molecule has 2 aromatic rings. The normalized spacial score (nSPS) is 12.7. The van der Waals surface area contributed by atoms with Gasteiger partial charge in [-0.05, 0) is 18.6 Å². The van der Waals surface area contributed by atoms with Gasteiger partial charge in [0.05, 0.1) is 10.6 Å². The molecule has 0 fully saturated rings. The minimum atomic E-state index is -0.747. The van der Waals surface area contributed by atoms with Crippen molar-refractivity contribution in [1.82, 2.24) is 10.1 Å². The second-order valence-corrected chi connectivity index (χ2v) is 4.54. The number of rotatable bonds is 4. The Balaban J connectivity index is 2.30. The number of nitrogens with two attached hydrogens (primary N) is 1. The third-order valence-electron chi connectivity index (χ3n) is 2.68. The predicted molar refractivity (Wildman–Crippen MR) is 66.6 cm³/mol. The first-order valence-electron chi connectivity index (χ1n) is 5.74. The van der Waals surface area contributed by atoms with Gasteiger partial charge in [-0.3, -0.25) is 0 Å². The van der Waals surface area contributed by atoms with Crippen LogP contribution in [-0.2, 0) is 6.42 Å². The topological polar surface area (TPSA) is 64.9 Å². The van der Waals surface area contributed by atoms with Crippen LogP contribution in [0.3, 0.4) is 0 Å². The minimum Gasteiger partial charge on any atom is -0.334 e. The van der Waals surface area contributed by atoms with E-state index in [1.807, 2.05) is 6.92 Å². The molecule has 0 amide bonds. The lowest BCUT2D eigenvalue weighted by Gasteiger charge is -2.02. The highest BCUT2D eigenvalue weighted by Crippen LogP contribution is 2.26. The van der Waals surface area contributed by atoms with E-state index < -0.39 is 11.6 Å². The molecule has 102 valence electrons. The molecule has 0 radical (unpaired) electrons. The molecule has 2 rings (SSSR count). The zero-order chi connectivity index (χ0) is 14.0. The van der Waals surface area contributed by atoms with E-state index in [0.29, 0.717) is 12.2 Å². The number of hydrogen-bond acceptors (Lipinski definition) is 4. The van der Waals surface area contributed by atoms with Crippen LogP contribution in [0.15, 0.2) is 16.7 Å². The van der Waals surface area contributed by atoms with E-state index in [0.717, 1.165) is 18.6 Å². The second kappa shape index (κ2) is 5.63. The lowest BCUT2D eigenvalue weighted by Crippen LogP contribution is -2.21. The van der Waals surface area contributed by atoms with Crippen molar-refractivity contribution in [2.45, 2.75) is 25.8 Å². The molecule has 1 heterocycles. The SMILES string of the molecule is CCC(N)Cc1noc(-c2cc(F)c(Cl)cc2F)n1. The van der Waals surface area contributed by atoms with E-state index in [1.165, 1.54) is 0 Å². The standard InChI is InChI=1S/C12H12ClF2N3O/c1-2-6(16)3-11-17-12(19-18-11)7-4-10(15)8(13)5-9(7)14/h4-6H,2-3,16H2,1H3. The second-order valence-electron chi connectivity index (χ2n) is 4.13. The fourth-order valence-electron chi connectivity index (χ4n) is 1.51. The Morgan fingerprint density at radius 1 is 1.37 bits per heavy atom. The largest absolute Gasteiger partial charge is 0.334 e. The van der Waals surface area contributed by atoms with Crippen LogP contribution < -0.4 is 5.73 Å². The van der Waals surface area contributed by atoms with Crippen molar-refractivity contribution < 1.29 is 13.3 Å². The number of hydrogen-bond donors (Lipinski definition) is 1. The van der Waals surface area contributed by atoms with Crippen molar-refractivity contribution in [3.63, 3.8) is 0 Å². The molecule has 0 saturated heterocycles. The maximum atomic E-state index is 13.7. The Bertz CT molecular complexity index is 588. The van der Waals surface area contributed by atoms with Crippen LogP contribution >= 0.6 is 11.6 Å². The van der Waals surface area contributed by atoms with Gasteiger partial charge in [0.15, 0.2) is 5.82 Å². The molecule has 4 nitrogen and oxygen atoms in total. The van der Waals surface area contributed by atoms with Gasteiger partial charge in [0, 0.05) is 12.5 Å². The molecule has 0 aliphatic rings. The molecule has 0 saturated carbocycles. The third-order valence-corrected chi connectivity index (χ3v) is 2.97. The van der Waals surface area contributed by atoms with Gasteiger partial charge in [0.25, 0.3) is 5.89 Å².